The fraction of sp³-hybridized carbons (Fsp3) is 0.167. The zero-order chi connectivity index (χ0) is 21.3. The average Bonchev–Trinajstić information content (AvgIpc) is 3.09. The van der Waals surface area contributed by atoms with Gasteiger partial charge in [0.25, 0.3) is 0 Å². The number of halogens is 2. The number of benzene rings is 3. The van der Waals surface area contributed by atoms with Gasteiger partial charge in [-0.15, -0.1) is 0 Å². The Hall–Kier alpha value is -2.82. The van der Waals surface area contributed by atoms with E-state index in [0.717, 1.165) is 27.8 Å². The molecule has 3 aromatic carbocycles. The van der Waals surface area contributed by atoms with Crippen LogP contribution in [0, 0.1) is 0 Å². The number of hydrogen-bond donors (Lipinski definition) is 2. The maximum absolute atomic E-state index is 12.6. The number of fused-ring (bicyclic) bond motifs is 1. The molecule has 0 saturated heterocycles. The summed E-state index contributed by atoms with van der Waals surface area (Å²) in [7, 11) is 0. The van der Waals surface area contributed by atoms with Gasteiger partial charge in [-0.25, -0.2) is 4.79 Å². The molecule has 1 amide bonds. The lowest BCUT2D eigenvalue weighted by Crippen LogP contribution is -2.55. The van der Waals surface area contributed by atoms with E-state index in [2.05, 4.69) is 5.32 Å². The van der Waals surface area contributed by atoms with E-state index in [1.165, 1.54) is 0 Å². The van der Waals surface area contributed by atoms with E-state index >= 15 is 0 Å². The summed E-state index contributed by atoms with van der Waals surface area (Å²) in [5.74, 6) is -1.36. The van der Waals surface area contributed by atoms with Crippen LogP contribution in [-0.4, -0.2) is 22.5 Å². The summed E-state index contributed by atoms with van der Waals surface area (Å²) in [6.07, 6.45) is 0.592. The van der Waals surface area contributed by atoms with Crippen molar-refractivity contribution >= 4 is 35.1 Å². The summed E-state index contributed by atoms with van der Waals surface area (Å²) in [5.41, 5.74) is 3.28. The van der Waals surface area contributed by atoms with Crippen molar-refractivity contribution in [2.45, 2.75) is 24.8 Å². The quantitative estimate of drug-likeness (QED) is 0.591. The number of rotatable bonds is 5. The molecule has 1 aliphatic carbocycles. The van der Waals surface area contributed by atoms with Gasteiger partial charge >= 0.3 is 5.97 Å². The maximum atomic E-state index is 12.6. The highest BCUT2D eigenvalue weighted by molar-refractivity contribution is 6.30. The van der Waals surface area contributed by atoms with Gasteiger partial charge in [-0.3, -0.25) is 4.79 Å². The highest BCUT2D eigenvalue weighted by Crippen LogP contribution is 2.34. The Bertz CT molecular complexity index is 1110. The topological polar surface area (TPSA) is 66.4 Å². The molecule has 0 aliphatic heterocycles. The fourth-order valence-electron chi connectivity index (χ4n) is 3.89. The predicted molar refractivity (Wildman–Crippen MR) is 118 cm³/mol. The van der Waals surface area contributed by atoms with Crippen LogP contribution < -0.4 is 5.32 Å². The van der Waals surface area contributed by atoms with Gasteiger partial charge in [-0.1, -0.05) is 65.7 Å². The van der Waals surface area contributed by atoms with Gasteiger partial charge in [-0.05, 0) is 52.1 Å². The Morgan fingerprint density at radius 2 is 1.40 bits per heavy atom. The first-order valence-electron chi connectivity index (χ1n) is 9.51. The van der Waals surface area contributed by atoms with Crippen molar-refractivity contribution in [1.29, 1.82) is 0 Å². The molecule has 0 bridgehead atoms. The maximum Gasteiger partial charge on any atom is 0.330 e. The molecule has 3 aromatic rings. The SMILES string of the molecule is O=C(Cc1ccc(Cl)cc1)NC1(C(=O)O)Cc2ccc(-c3ccc(Cl)cc3)cc2C1. The minimum absolute atomic E-state index is 0.0958. The number of hydrogen-bond acceptors (Lipinski definition) is 2. The standard InChI is InChI=1S/C24H19Cl2NO3/c25-20-7-1-15(2-8-20)11-22(28)27-24(23(29)30)13-18-4-3-17(12-19(18)14-24)16-5-9-21(26)10-6-16/h1-10,12H,11,13-14H2,(H,27,28)(H,29,30). The summed E-state index contributed by atoms with van der Waals surface area (Å²) < 4.78 is 0. The number of carbonyl (C=O) groups is 2. The second kappa shape index (κ2) is 8.13. The molecule has 0 heterocycles. The normalized spacial score (nSPS) is 17.4. The van der Waals surface area contributed by atoms with Crippen molar-refractivity contribution in [1.82, 2.24) is 5.32 Å². The third kappa shape index (κ3) is 4.20. The van der Waals surface area contributed by atoms with Crippen LogP contribution in [-0.2, 0) is 28.9 Å². The van der Waals surface area contributed by atoms with Crippen LogP contribution in [0.3, 0.4) is 0 Å². The molecule has 0 radical (unpaired) electrons. The molecule has 4 rings (SSSR count). The van der Waals surface area contributed by atoms with Crippen molar-refractivity contribution in [3.63, 3.8) is 0 Å². The Morgan fingerprint density at radius 1 is 0.833 bits per heavy atom. The first-order chi connectivity index (χ1) is 14.3. The van der Waals surface area contributed by atoms with E-state index in [-0.39, 0.29) is 25.2 Å². The molecule has 1 atom stereocenters. The minimum Gasteiger partial charge on any atom is -0.479 e. The Balaban J connectivity index is 1.54. The van der Waals surface area contributed by atoms with E-state index in [1.54, 1.807) is 24.3 Å². The summed E-state index contributed by atoms with van der Waals surface area (Å²) in [6.45, 7) is 0. The highest BCUT2D eigenvalue weighted by atomic mass is 35.5. The molecule has 0 saturated carbocycles. The molecule has 152 valence electrons. The van der Waals surface area contributed by atoms with E-state index in [1.807, 2.05) is 42.5 Å². The average molecular weight is 440 g/mol. The first-order valence-corrected chi connectivity index (χ1v) is 10.3. The van der Waals surface area contributed by atoms with E-state index < -0.39 is 11.5 Å². The molecule has 1 aliphatic rings. The highest BCUT2D eigenvalue weighted by Gasteiger charge is 2.45. The lowest BCUT2D eigenvalue weighted by molar-refractivity contribution is -0.147. The van der Waals surface area contributed by atoms with Crippen molar-refractivity contribution < 1.29 is 14.7 Å². The monoisotopic (exact) mass is 439 g/mol. The predicted octanol–water partition coefficient (Wildman–Crippen LogP) is 4.94. The number of carbonyl (C=O) groups excluding carboxylic acids is 1. The smallest absolute Gasteiger partial charge is 0.330 e. The van der Waals surface area contributed by atoms with Gasteiger partial charge in [0.1, 0.15) is 5.54 Å². The van der Waals surface area contributed by atoms with Crippen LogP contribution in [0.4, 0.5) is 0 Å². The van der Waals surface area contributed by atoms with Crippen LogP contribution in [0.2, 0.25) is 10.0 Å². The summed E-state index contributed by atoms with van der Waals surface area (Å²) in [6, 6.07) is 20.3. The third-order valence-corrected chi connectivity index (χ3v) is 5.94. The van der Waals surface area contributed by atoms with E-state index in [4.69, 9.17) is 23.2 Å². The fourth-order valence-corrected chi connectivity index (χ4v) is 4.14. The molecule has 0 fully saturated rings. The molecular weight excluding hydrogens is 421 g/mol. The van der Waals surface area contributed by atoms with Gasteiger partial charge in [-0.2, -0.15) is 0 Å². The zero-order valence-electron chi connectivity index (χ0n) is 16.0. The molecule has 4 nitrogen and oxygen atoms in total. The second-order valence-electron chi connectivity index (χ2n) is 7.58. The van der Waals surface area contributed by atoms with Gasteiger partial charge in [0.05, 0.1) is 6.42 Å². The van der Waals surface area contributed by atoms with Crippen molar-refractivity contribution in [2.75, 3.05) is 0 Å². The van der Waals surface area contributed by atoms with Gasteiger partial charge in [0.15, 0.2) is 0 Å². The van der Waals surface area contributed by atoms with Gasteiger partial charge in [0, 0.05) is 22.9 Å². The lowest BCUT2D eigenvalue weighted by Gasteiger charge is -2.25. The second-order valence-corrected chi connectivity index (χ2v) is 8.46. The Morgan fingerprint density at radius 3 is 2.03 bits per heavy atom. The molecule has 0 aromatic heterocycles. The number of amides is 1. The summed E-state index contributed by atoms with van der Waals surface area (Å²) in [4.78, 5) is 24.8. The minimum atomic E-state index is -1.34. The molecule has 30 heavy (non-hydrogen) atoms. The van der Waals surface area contributed by atoms with Crippen molar-refractivity contribution in [3.8, 4) is 11.1 Å². The molecular formula is C24H19Cl2NO3. The van der Waals surface area contributed by atoms with Crippen LogP contribution in [0.25, 0.3) is 11.1 Å². The van der Waals surface area contributed by atoms with E-state index in [9.17, 15) is 14.7 Å². The number of carboxylic acid groups (broad SMARTS) is 1. The molecule has 6 heteroatoms. The first kappa shape index (κ1) is 20.5. The number of aliphatic carboxylic acids is 1. The van der Waals surface area contributed by atoms with Crippen molar-refractivity contribution in [3.05, 3.63) is 93.5 Å². The van der Waals surface area contributed by atoms with Crippen LogP contribution in [0.1, 0.15) is 16.7 Å². The summed E-state index contributed by atoms with van der Waals surface area (Å²) in [5, 5.41) is 14.0. The van der Waals surface area contributed by atoms with E-state index in [0.29, 0.717) is 10.0 Å². The van der Waals surface area contributed by atoms with Crippen molar-refractivity contribution in [2.24, 2.45) is 0 Å². The van der Waals surface area contributed by atoms with Gasteiger partial charge < -0.3 is 10.4 Å². The summed E-state index contributed by atoms with van der Waals surface area (Å²) >= 11 is 11.8. The van der Waals surface area contributed by atoms with Gasteiger partial charge in [0.2, 0.25) is 5.91 Å². The van der Waals surface area contributed by atoms with Crippen LogP contribution >= 0.6 is 23.2 Å². The Labute approximate surface area is 184 Å². The zero-order valence-corrected chi connectivity index (χ0v) is 17.5. The number of carboxylic acids is 1. The van der Waals surface area contributed by atoms with Crippen LogP contribution in [0.15, 0.2) is 66.7 Å². The largest absolute Gasteiger partial charge is 0.479 e. The molecule has 2 N–H and O–H groups in total. The lowest BCUT2D eigenvalue weighted by atomic mass is 9.95. The molecule has 1 unspecified atom stereocenters. The number of nitrogens with one attached hydrogen (secondary N) is 1. The molecule has 0 spiro atoms. The third-order valence-electron chi connectivity index (χ3n) is 5.43. The Kier molecular flexibility index (Phi) is 5.54. The van der Waals surface area contributed by atoms with Crippen LogP contribution in [0.5, 0.6) is 0 Å².